The molecule has 1 aromatic carbocycles. The highest BCUT2D eigenvalue weighted by atomic mass is 79.9. The molecule has 0 spiro atoms. The van der Waals surface area contributed by atoms with Gasteiger partial charge >= 0.3 is 0 Å². The predicted octanol–water partition coefficient (Wildman–Crippen LogP) is 4.27. The number of hydrogen-bond donors (Lipinski definition) is 1. The molecular weight excluding hydrogens is 384 g/mol. The Hall–Kier alpha value is -1.20. The van der Waals surface area contributed by atoms with Crippen molar-refractivity contribution in [3.05, 3.63) is 62.8 Å². The molecule has 0 bridgehead atoms. The van der Waals surface area contributed by atoms with Gasteiger partial charge in [-0.05, 0) is 59.6 Å². The minimum atomic E-state index is -0.466. The fraction of sp³-hybridized carbons (Fsp3) is 0.200. The molecule has 0 aliphatic carbocycles. The van der Waals surface area contributed by atoms with E-state index in [1.807, 2.05) is 38.1 Å². The van der Waals surface area contributed by atoms with Crippen LogP contribution in [0.3, 0.4) is 0 Å². The van der Waals surface area contributed by atoms with Crippen LogP contribution in [0.1, 0.15) is 29.9 Å². The van der Waals surface area contributed by atoms with Crippen molar-refractivity contribution in [3.8, 4) is 0 Å². The van der Waals surface area contributed by atoms with E-state index in [1.165, 1.54) is 0 Å². The summed E-state index contributed by atoms with van der Waals surface area (Å²) in [7, 11) is 0. The highest BCUT2D eigenvalue weighted by molar-refractivity contribution is 9.10. The Morgan fingerprint density at radius 1 is 1.05 bits per heavy atom. The van der Waals surface area contributed by atoms with Crippen molar-refractivity contribution in [2.75, 3.05) is 0 Å². The van der Waals surface area contributed by atoms with E-state index in [-0.39, 0.29) is 5.91 Å². The van der Waals surface area contributed by atoms with Crippen molar-refractivity contribution in [2.45, 2.75) is 19.4 Å². The zero-order valence-corrected chi connectivity index (χ0v) is 14.3. The molecule has 0 aliphatic heterocycles. The SMILES string of the molecule is CC(C)(NC(=O)c1ccc(Br)cn1)c1ccc(Br)cc1. The molecule has 1 aromatic heterocycles. The smallest absolute Gasteiger partial charge is 0.270 e. The molecule has 3 nitrogen and oxygen atoms in total. The van der Waals surface area contributed by atoms with Gasteiger partial charge in [0.15, 0.2) is 0 Å². The maximum absolute atomic E-state index is 12.2. The van der Waals surface area contributed by atoms with Crippen molar-refractivity contribution in [2.24, 2.45) is 0 Å². The van der Waals surface area contributed by atoms with E-state index in [0.29, 0.717) is 5.69 Å². The third-order valence-electron chi connectivity index (χ3n) is 2.95. The van der Waals surface area contributed by atoms with E-state index in [4.69, 9.17) is 0 Å². The summed E-state index contributed by atoms with van der Waals surface area (Å²) in [6, 6.07) is 11.4. The van der Waals surface area contributed by atoms with E-state index in [2.05, 4.69) is 42.2 Å². The van der Waals surface area contributed by atoms with Gasteiger partial charge in [-0.15, -0.1) is 0 Å². The molecule has 0 fully saturated rings. The van der Waals surface area contributed by atoms with Crippen LogP contribution in [0.15, 0.2) is 51.5 Å². The number of nitrogens with one attached hydrogen (secondary N) is 1. The van der Waals surface area contributed by atoms with Crippen LogP contribution < -0.4 is 5.32 Å². The monoisotopic (exact) mass is 396 g/mol. The maximum Gasteiger partial charge on any atom is 0.270 e. The average molecular weight is 398 g/mol. The van der Waals surface area contributed by atoms with Crippen LogP contribution in [0.25, 0.3) is 0 Å². The molecule has 1 amide bonds. The molecule has 0 saturated carbocycles. The fourth-order valence-corrected chi connectivity index (χ4v) is 2.30. The summed E-state index contributed by atoms with van der Waals surface area (Å²) in [5.74, 6) is -0.189. The number of rotatable bonds is 3. The summed E-state index contributed by atoms with van der Waals surface area (Å²) in [5, 5.41) is 3.00. The number of halogens is 2. The largest absolute Gasteiger partial charge is 0.342 e. The number of aromatic nitrogens is 1. The topological polar surface area (TPSA) is 42.0 Å². The summed E-state index contributed by atoms with van der Waals surface area (Å²) in [4.78, 5) is 16.3. The molecule has 0 unspecified atom stereocenters. The Morgan fingerprint density at radius 3 is 2.20 bits per heavy atom. The first kappa shape index (κ1) is 15.2. The summed E-state index contributed by atoms with van der Waals surface area (Å²) in [5.41, 5.74) is 0.969. The van der Waals surface area contributed by atoms with Gasteiger partial charge in [0, 0.05) is 15.1 Å². The molecular formula is C15H14Br2N2O. The summed E-state index contributed by atoms with van der Waals surface area (Å²) in [6.07, 6.45) is 1.61. The minimum Gasteiger partial charge on any atom is -0.342 e. The van der Waals surface area contributed by atoms with Crippen LogP contribution in [0.2, 0.25) is 0 Å². The molecule has 5 heteroatoms. The first-order chi connectivity index (χ1) is 9.38. The molecule has 1 heterocycles. The van der Waals surface area contributed by atoms with Crippen molar-refractivity contribution in [1.29, 1.82) is 0 Å². The van der Waals surface area contributed by atoms with Gasteiger partial charge in [-0.3, -0.25) is 4.79 Å². The minimum absolute atomic E-state index is 0.189. The van der Waals surface area contributed by atoms with Gasteiger partial charge in [0.1, 0.15) is 5.69 Å². The molecule has 0 atom stereocenters. The van der Waals surface area contributed by atoms with Crippen LogP contribution in [-0.4, -0.2) is 10.9 Å². The lowest BCUT2D eigenvalue weighted by atomic mass is 9.94. The van der Waals surface area contributed by atoms with E-state index in [1.54, 1.807) is 18.3 Å². The first-order valence-corrected chi connectivity index (χ1v) is 7.67. The van der Waals surface area contributed by atoms with Crippen LogP contribution in [0.5, 0.6) is 0 Å². The molecule has 0 saturated heterocycles. The van der Waals surface area contributed by atoms with Gasteiger partial charge in [0.25, 0.3) is 5.91 Å². The van der Waals surface area contributed by atoms with Crippen LogP contribution in [0, 0.1) is 0 Å². The second-order valence-corrected chi connectivity index (χ2v) is 6.78. The van der Waals surface area contributed by atoms with Crippen LogP contribution >= 0.6 is 31.9 Å². The van der Waals surface area contributed by atoms with E-state index in [9.17, 15) is 4.79 Å². The summed E-state index contributed by atoms with van der Waals surface area (Å²) in [6.45, 7) is 3.93. The molecule has 2 rings (SSSR count). The molecule has 104 valence electrons. The predicted molar refractivity (Wildman–Crippen MR) is 86.6 cm³/mol. The quantitative estimate of drug-likeness (QED) is 0.840. The lowest BCUT2D eigenvalue weighted by Crippen LogP contribution is -2.41. The average Bonchev–Trinajstić information content (AvgIpc) is 2.39. The molecule has 2 aromatic rings. The molecule has 1 N–H and O–H groups in total. The number of benzene rings is 1. The lowest BCUT2D eigenvalue weighted by molar-refractivity contribution is 0.0907. The van der Waals surface area contributed by atoms with Crippen molar-refractivity contribution in [1.82, 2.24) is 10.3 Å². The number of nitrogens with zero attached hydrogens (tertiary/aromatic N) is 1. The number of carbonyl (C=O) groups excluding carboxylic acids is 1. The maximum atomic E-state index is 12.2. The second kappa shape index (κ2) is 6.06. The van der Waals surface area contributed by atoms with Crippen molar-refractivity contribution < 1.29 is 4.79 Å². The van der Waals surface area contributed by atoms with Gasteiger partial charge in [0.2, 0.25) is 0 Å². The Balaban J connectivity index is 2.17. The number of amides is 1. The lowest BCUT2D eigenvalue weighted by Gasteiger charge is -2.26. The second-order valence-electron chi connectivity index (χ2n) is 4.95. The molecule has 0 aliphatic rings. The van der Waals surface area contributed by atoms with E-state index < -0.39 is 5.54 Å². The highest BCUT2D eigenvalue weighted by Gasteiger charge is 2.23. The Bertz CT molecular complexity index is 607. The summed E-state index contributed by atoms with van der Waals surface area (Å²) >= 11 is 6.71. The third kappa shape index (κ3) is 3.67. The molecule has 20 heavy (non-hydrogen) atoms. The van der Waals surface area contributed by atoms with Crippen molar-refractivity contribution in [3.63, 3.8) is 0 Å². The van der Waals surface area contributed by atoms with Gasteiger partial charge < -0.3 is 5.32 Å². The fourth-order valence-electron chi connectivity index (χ4n) is 1.80. The van der Waals surface area contributed by atoms with Gasteiger partial charge in [-0.25, -0.2) is 4.98 Å². The van der Waals surface area contributed by atoms with Gasteiger partial charge in [0.05, 0.1) is 5.54 Å². The highest BCUT2D eigenvalue weighted by Crippen LogP contribution is 2.22. The normalized spacial score (nSPS) is 11.2. The third-order valence-corrected chi connectivity index (χ3v) is 3.95. The standard InChI is InChI=1S/C15H14Br2N2O/c1-15(2,10-3-5-11(16)6-4-10)19-14(20)13-8-7-12(17)9-18-13/h3-9H,1-2H3,(H,19,20). The number of carbonyl (C=O) groups is 1. The van der Waals surface area contributed by atoms with Gasteiger partial charge in [-0.2, -0.15) is 0 Å². The van der Waals surface area contributed by atoms with Crippen LogP contribution in [0.4, 0.5) is 0 Å². The number of pyridine rings is 1. The number of hydrogen-bond acceptors (Lipinski definition) is 2. The Morgan fingerprint density at radius 2 is 1.65 bits per heavy atom. The molecule has 0 radical (unpaired) electrons. The van der Waals surface area contributed by atoms with Gasteiger partial charge in [-0.1, -0.05) is 28.1 Å². The van der Waals surface area contributed by atoms with Crippen molar-refractivity contribution >= 4 is 37.8 Å². The zero-order valence-electron chi connectivity index (χ0n) is 11.2. The Labute approximate surface area is 135 Å². The van der Waals surface area contributed by atoms with Crippen LogP contribution in [-0.2, 0) is 5.54 Å². The first-order valence-electron chi connectivity index (χ1n) is 6.08. The zero-order chi connectivity index (χ0) is 14.8. The summed E-state index contributed by atoms with van der Waals surface area (Å²) < 4.78 is 1.86. The van der Waals surface area contributed by atoms with E-state index >= 15 is 0 Å². The Kier molecular flexibility index (Phi) is 4.60. The van der Waals surface area contributed by atoms with E-state index in [0.717, 1.165) is 14.5 Å².